The van der Waals surface area contributed by atoms with Gasteiger partial charge in [-0.05, 0) is 30.0 Å². The number of hydrogen-bond donors (Lipinski definition) is 1. The highest BCUT2D eigenvalue weighted by Crippen LogP contribution is 2.24. The minimum Gasteiger partial charge on any atom is -0.377 e. The van der Waals surface area contributed by atoms with E-state index >= 15 is 0 Å². The van der Waals surface area contributed by atoms with E-state index in [4.69, 9.17) is 10.8 Å². The van der Waals surface area contributed by atoms with E-state index in [9.17, 15) is 0 Å². The Morgan fingerprint density at radius 3 is 2.62 bits per heavy atom. The number of benzene rings is 2. The van der Waals surface area contributed by atoms with Crippen LogP contribution < -0.4 is 5.73 Å². The predicted molar refractivity (Wildman–Crippen MR) is 114 cm³/mol. The molecular formula is C19H18BrN5S. The van der Waals surface area contributed by atoms with Crippen LogP contribution in [0, 0.1) is 0 Å². The van der Waals surface area contributed by atoms with Gasteiger partial charge >= 0.3 is 0 Å². The molecule has 0 aliphatic heterocycles. The Balaban J connectivity index is 2.00. The zero-order valence-corrected chi connectivity index (χ0v) is 16.6. The second kappa shape index (κ2) is 8.82. The van der Waals surface area contributed by atoms with Gasteiger partial charge in [0.2, 0.25) is 0 Å². The van der Waals surface area contributed by atoms with Crippen molar-refractivity contribution >= 4 is 39.1 Å². The lowest BCUT2D eigenvalue weighted by Gasteiger charge is -2.00. The molecule has 0 spiro atoms. The van der Waals surface area contributed by atoms with E-state index in [2.05, 4.69) is 26.1 Å². The van der Waals surface area contributed by atoms with Crippen molar-refractivity contribution in [1.29, 1.82) is 0 Å². The summed E-state index contributed by atoms with van der Waals surface area (Å²) in [5.74, 6) is 0.862. The zero-order valence-electron chi connectivity index (χ0n) is 14.2. The van der Waals surface area contributed by atoms with Crippen LogP contribution >= 0.6 is 27.7 Å². The van der Waals surface area contributed by atoms with E-state index in [1.165, 1.54) is 11.8 Å². The Kier molecular flexibility index (Phi) is 6.25. The van der Waals surface area contributed by atoms with Gasteiger partial charge in [0.05, 0.1) is 11.9 Å². The van der Waals surface area contributed by atoms with Crippen molar-refractivity contribution in [2.45, 2.75) is 6.92 Å². The summed E-state index contributed by atoms with van der Waals surface area (Å²) in [5.41, 5.74) is 9.47. The Bertz CT molecular complexity index is 917. The summed E-state index contributed by atoms with van der Waals surface area (Å²) in [7, 11) is 0. The molecular weight excluding hydrogens is 410 g/mol. The summed E-state index contributed by atoms with van der Waals surface area (Å²) in [5, 5.41) is 13.3. The molecule has 0 bridgehead atoms. The van der Waals surface area contributed by atoms with E-state index in [-0.39, 0.29) is 0 Å². The normalized spacial score (nSPS) is 12.0. The van der Waals surface area contributed by atoms with Gasteiger partial charge in [-0.1, -0.05) is 64.9 Å². The number of amidine groups is 1. The van der Waals surface area contributed by atoms with Crippen molar-refractivity contribution in [2.24, 2.45) is 15.9 Å². The number of aromatic nitrogens is 2. The standard InChI is InChI=1S/C19H18BrN5S/c1-2-26-19(21)23-22-12-15-13-25(17-6-4-3-5-7-17)24-18(15)14-8-10-16(20)11-9-14/h3-13H,2H2,1H3,(H2,21,23)/b22-12-. The van der Waals surface area contributed by atoms with Crippen LogP contribution in [0.3, 0.4) is 0 Å². The van der Waals surface area contributed by atoms with Gasteiger partial charge in [-0.3, -0.25) is 0 Å². The van der Waals surface area contributed by atoms with E-state index in [1.807, 2.05) is 72.4 Å². The van der Waals surface area contributed by atoms with Crippen LogP contribution in [0.4, 0.5) is 0 Å². The van der Waals surface area contributed by atoms with Crippen molar-refractivity contribution in [3.63, 3.8) is 0 Å². The molecule has 2 aromatic carbocycles. The molecule has 0 atom stereocenters. The maximum Gasteiger partial charge on any atom is 0.180 e. The molecule has 0 amide bonds. The van der Waals surface area contributed by atoms with Crippen LogP contribution in [0.5, 0.6) is 0 Å². The van der Waals surface area contributed by atoms with Gasteiger partial charge < -0.3 is 5.73 Å². The summed E-state index contributed by atoms with van der Waals surface area (Å²) in [6, 6.07) is 18.0. The molecule has 0 fully saturated rings. The van der Waals surface area contributed by atoms with E-state index < -0.39 is 0 Å². The molecule has 5 nitrogen and oxygen atoms in total. The highest BCUT2D eigenvalue weighted by molar-refractivity contribution is 9.10. The Morgan fingerprint density at radius 2 is 1.92 bits per heavy atom. The number of hydrogen-bond acceptors (Lipinski definition) is 4. The third kappa shape index (κ3) is 4.62. The van der Waals surface area contributed by atoms with Gasteiger partial charge in [-0.2, -0.15) is 10.2 Å². The molecule has 0 aliphatic rings. The molecule has 7 heteroatoms. The fourth-order valence-corrected chi connectivity index (χ4v) is 3.02. The van der Waals surface area contributed by atoms with E-state index in [1.54, 1.807) is 6.21 Å². The number of rotatable bonds is 5. The summed E-state index contributed by atoms with van der Waals surface area (Å²) in [6.45, 7) is 2.02. The molecule has 0 aliphatic carbocycles. The first-order chi connectivity index (χ1) is 12.7. The van der Waals surface area contributed by atoms with Gasteiger partial charge in [0.25, 0.3) is 0 Å². The topological polar surface area (TPSA) is 68.6 Å². The number of nitrogens with zero attached hydrogens (tertiary/aromatic N) is 4. The quantitative estimate of drug-likeness (QED) is 0.364. The number of thioether (sulfide) groups is 1. The second-order valence-electron chi connectivity index (χ2n) is 5.34. The van der Waals surface area contributed by atoms with Crippen LogP contribution in [0.15, 0.2) is 75.5 Å². The van der Waals surface area contributed by atoms with Gasteiger partial charge in [-0.25, -0.2) is 4.68 Å². The SMILES string of the molecule is CCS/C(N)=N\N=C/c1cn(-c2ccccc2)nc1-c1ccc(Br)cc1. The zero-order chi connectivity index (χ0) is 18.4. The van der Waals surface area contributed by atoms with Crippen LogP contribution in [0.1, 0.15) is 12.5 Å². The number of para-hydroxylation sites is 1. The monoisotopic (exact) mass is 427 g/mol. The van der Waals surface area contributed by atoms with Gasteiger partial charge in [0, 0.05) is 21.8 Å². The lowest BCUT2D eigenvalue weighted by atomic mass is 10.1. The lowest BCUT2D eigenvalue weighted by Crippen LogP contribution is -2.05. The first-order valence-corrected chi connectivity index (χ1v) is 9.85. The second-order valence-corrected chi connectivity index (χ2v) is 7.54. The number of nitrogens with two attached hydrogens (primary N) is 1. The van der Waals surface area contributed by atoms with Gasteiger partial charge in [0.1, 0.15) is 5.69 Å². The van der Waals surface area contributed by atoms with Gasteiger partial charge in [0.15, 0.2) is 5.17 Å². The van der Waals surface area contributed by atoms with E-state index in [0.29, 0.717) is 5.17 Å². The summed E-state index contributed by atoms with van der Waals surface area (Å²) in [4.78, 5) is 0. The third-order valence-electron chi connectivity index (χ3n) is 3.53. The van der Waals surface area contributed by atoms with Crippen LogP contribution in [0.25, 0.3) is 16.9 Å². The lowest BCUT2D eigenvalue weighted by molar-refractivity contribution is 0.884. The van der Waals surface area contributed by atoms with Crippen LogP contribution in [-0.4, -0.2) is 26.9 Å². The summed E-state index contributed by atoms with van der Waals surface area (Å²) in [6.07, 6.45) is 3.63. The third-order valence-corrected chi connectivity index (χ3v) is 4.72. The maximum absolute atomic E-state index is 5.78. The summed E-state index contributed by atoms with van der Waals surface area (Å²) >= 11 is 4.92. The van der Waals surface area contributed by atoms with Crippen molar-refractivity contribution < 1.29 is 0 Å². The maximum atomic E-state index is 5.78. The highest BCUT2D eigenvalue weighted by Gasteiger charge is 2.11. The smallest absolute Gasteiger partial charge is 0.180 e. The molecule has 3 rings (SSSR count). The van der Waals surface area contributed by atoms with Crippen molar-refractivity contribution in [1.82, 2.24) is 9.78 Å². The molecule has 3 aromatic rings. The Morgan fingerprint density at radius 1 is 1.19 bits per heavy atom. The minimum absolute atomic E-state index is 0.449. The number of halogens is 1. The first kappa shape index (κ1) is 18.4. The fourth-order valence-electron chi connectivity index (χ4n) is 2.35. The minimum atomic E-state index is 0.449. The molecule has 1 aromatic heterocycles. The average Bonchev–Trinajstić information content (AvgIpc) is 3.07. The van der Waals surface area contributed by atoms with Crippen LogP contribution in [0.2, 0.25) is 0 Å². The Hall–Kier alpha value is -2.38. The largest absolute Gasteiger partial charge is 0.377 e. The fraction of sp³-hybridized carbons (Fsp3) is 0.105. The average molecular weight is 428 g/mol. The molecule has 1 heterocycles. The highest BCUT2D eigenvalue weighted by atomic mass is 79.9. The Labute approximate surface area is 165 Å². The van der Waals surface area contributed by atoms with Crippen molar-refractivity contribution in [3.05, 3.63) is 70.8 Å². The molecule has 0 saturated heterocycles. The molecule has 132 valence electrons. The predicted octanol–water partition coefficient (Wildman–Crippen LogP) is 4.70. The molecule has 2 N–H and O–H groups in total. The van der Waals surface area contributed by atoms with Crippen molar-refractivity contribution in [2.75, 3.05) is 5.75 Å². The molecule has 0 unspecified atom stereocenters. The molecule has 26 heavy (non-hydrogen) atoms. The first-order valence-electron chi connectivity index (χ1n) is 8.07. The molecule has 0 saturated carbocycles. The van der Waals surface area contributed by atoms with Crippen molar-refractivity contribution in [3.8, 4) is 16.9 Å². The molecule has 0 radical (unpaired) electrons. The van der Waals surface area contributed by atoms with Crippen LogP contribution in [-0.2, 0) is 0 Å². The van der Waals surface area contributed by atoms with E-state index in [0.717, 1.165) is 32.7 Å². The summed E-state index contributed by atoms with van der Waals surface area (Å²) < 4.78 is 2.86. The van der Waals surface area contributed by atoms with Gasteiger partial charge in [-0.15, -0.1) is 5.10 Å².